The number of fused-ring (bicyclic) bond motifs is 1. The van der Waals surface area contributed by atoms with Crippen molar-refractivity contribution in [2.45, 2.75) is 23.3 Å². The van der Waals surface area contributed by atoms with E-state index in [1.807, 2.05) is 4.72 Å². The van der Waals surface area contributed by atoms with Crippen LogP contribution >= 0.6 is 11.9 Å². The molecule has 13 heteroatoms. The zero-order valence-electron chi connectivity index (χ0n) is 15.6. The van der Waals surface area contributed by atoms with E-state index >= 15 is 0 Å². The molecule has 0 atom stereocenters. The number of ether oxygens (including phenoxy) is 2. The molecule has 1 aromatic carbocycles. The molecule has 3 rings (SSSR count). The van der Waals surface area contributed by atoms with E-state index in [2.05, 4.69) is 15.3 Å². The molecule has 0 aliphatic carbocycles. The van der Waals surface area contributed by atoms with E-state index in [0.29, 0.717) is 10.5 Å². The molecule has 2 heterocycles. The lowest BCUT2D eigenvalue weighted by atomic mass is 10.2. The Hall–Kier alpha value is -3.06. The van der Waals surface area contributed by atoms with Crippen LogP contribution in [0.1, 0.15) is 12.5 Å². The van der Waals surface area contributed by atoms with Gasteiger partial charge in [-0.2, -0.15) is 9.97 Å². The Morgan fingerprint density at radius 1 is 1.17 bits per heavy atom. The molecule has 3 amide bonds. The molecule has 2 aromatic rings. The molecule has 1 aromatic heterocycles. The van der Waals surface area contributed by atoms with Crippen LogP contribution < -0.4 is 19.5 Å². The number of sulfonamides is 1. The van der Waals surface area contributed by atoms with Crippen LogP contribution in [0, 0.1) is 0 Å². The molecule has 0 unspecified atom stereocenters. The minimum Gasteiger partial charge on any atom is -0.481 e. The molecule has 1 aliphatic rings. The average molecular weight is 439 g/mol. The Bertz CT molecular complexity index is 1050. The molecule has 0 saturated carbocycles. The van der Waals surface area contributed by atoms with Gasteiger partial charge in [0.05, 0.1) is 31.7 Å². The van der Waals surface area contributed by atoms with Crippen LogP contribution in [0.5, 0.6) is 11.8 Å². The number of hydrogen-bond donors (Lipinski definition) is 2. The molecule has 11 nitrogen and oxygen atoms in total. The minimum atomic E-state index is -4.22. The number of benzene rings is 1. The van der Waals surface area contributed by atoms with E-state index in [-0.39, 0.29) is 35.1 Å². The number of hydrogen-bond acceptors (Lipinski definition) is 9. The van der Waals surface area contributed by atoms with Gasteiger partial charge < -0.3 is 9.47 Å². The van der Waals surface area contributed by atoms with E-state index in [1.165, 1.54) is 37.6 Å². The number of methoxy groups -OCH3 is 2. The normalized spacial score (nSPS) is 12.9. The number of anilines is 1. The van der Waals surface area contributed by atoms with E-state index in [0.717, 1.165) is 11.9 Å². The summed E-state index contributed by atoms with van der Waals surface area (Å²) >= 11 is 1.01. The summed E-state index contributed by atoms with van der Waals surface area (Å²) in [6.07, 6.45) is 0. The summed E-state index contributed by atoms with van der Waals surface area (Å²) in [5.74, 6) is -0.165. The van der Waals surface area contributed by atoms with Gasteiger partial charge in [0.25, 0.3) is 10.0 Å². The topological polar surface area (TPSA) is 140 Å². The molecule has 1 aliphatic heterocycles. The first-order valence-corrected chi connectivity index (χ1v) is 10.4. The Balaban J connectivity index is 1.80. The monoisotopic (exact) mass is 439 g/mol. The zero-order valence-corrected chi connectivity index (χ0v) is 17.3. The van der Waals surface area contributed by atoms with E-state index in [4.69, 9.17) is 9.47 Å². The average Bonchev–Trinajstić information content (AvgIpc) is 3.11. The highest BCUT2D eigenvalue weighted by Gasteiger charge is 2.30. The lowest BCUT2D eigenvalue weighted by Gasteiger charge is -2.12. The van der Waals surface area contributed by atoms with E-state index in [9.17, 15) is 18.0 Å². The number of amides is 3. The minimum absolute atomic E-state index is 0.108. The highest BCUT2D eigenvalue weighted by molar-refractivity contribution is 7.98. The summed E-state index contributed by atoms with van der Waals surface area (Å²) in [7, 11) is -1.49. The summed E-state index contributed by atoms with van der Waals surface area (Å²) in [6.45, 7) is 1.67. The van der Waals surface area contributed by atoms with Crippen molar-refractivity contribution < 1.29 is 27.5 Å². The van der Waals surface area contributed by atoms with Crippen molar-refractivity contribution in [1.82, 2.24) is 19.0 Å². The number of rotatable bonds is 5. The first-order valence-electron chi connectivity index (χ1n) is 8.12. The number of carbonyl (C=O) groups is 2. The SMILES string of the molecule is COc1cc(OC)nc(NC(=O)NS(=O)(=O)c2cccc3c2SN(C(C)=O)C3)n1. The van der Waals surface area contributed by atoms with Gasteiger partial charge >= 0.3 is 6.03 Å². The summed E-state index contributed by atoms with van der Waals surface area (Å²) < 4.78 is 38.8. The highest BCUT2D eigenvalue weighted by Crippen LogP contribution is 2.40. The van der Waals surface area contributed by atoms with Crippen LogP contribution in [0.3, 0.4) is 0 Å². The van der Waals surface area contributed by atoms with Gasteiger partial charge in [0.1, 0.15) is 4.90 Å². The molecule has 29 heavy (non-hydrogen) atoms. The van der Waals surface area contributed by atoms with Crippen LogP contribution in [-0.4, -0.2) is 48.8 Å². The first-order chi connectivity index (χ1) is 13.7. The summed E-state index contributed by atoms with van der Waals surface area (Å²) in [5.41, 5.74) is 0.675. The highest BCUT2D eigenvalue weighted by atomic mass is 32.2. The Morgan fingerprint density at radius 3 is 2.41 bits per heavy atom. The lowest BCUT2D eigenvalue weighted by Crippen LogP contribution is -2.35. The van der Waals surface area contributed by atoms with Crippen LogP contribution in [-0.2, 0) is 21.4 Å². The third-order valence-electron chi connectivity index (χ3n) is 3.77. The number of aromatic nitrogens is 2. The van der Waals surface area contributed by atoms with Gasteiger partial charge in [-0.3, -0.25) is 14.4 Å². The number of nitrogens with one attached hydrogen (secondary N) is 2. The molecule has 0 spiro atoms. The Kier molecular flexibility index (Phi) is 5.79. The standard InChI is InChI=1S/C16H17N5O6S2/c1-9(22)21-8-10-5-4-6-11(14(10)28-21)29(24,25)20-16(23)19-15-17-12(26-2)7-13(18-15)27-3/h4-7H,8H2,1-3H3,(H2,17,18,19,20,23). The maximum atomic E-state index is 12.7. The van der Waals surface area contributed by atoms with Gasteiger partial charge in [-0.05, 0) is 23.6 Å². The largest absolute Gasteiger partial charge is 0.481 e. The van der Waals surface area contributed by atoms with Gasteiger partial charge in [-0.15, -0.1) is 0 Å². The smallest absolute Gasteiger partial charge is 0.335 e. The fourth-order valence-electron chi connectivity index (χ4n) is 2.45. The fraction of sp³-hybridized carbons (Fsp3) is 0.250. The molecule has 0 fully saturated rings. The molecular weight excluding hydrogens is 422 g/mol. The molecule has 0 saturated heterocycles. The zero-order chi connectivity index (χ0) is 21.2. The predicted octanol–water partition coefficient (Wildman–Crippen LogP) is 1.37. The van der Waals surface area contributed by atoms with Crippen LogP contribution in [0.4, 0.5) is 10.7 Å². The third kappa shape index (κ3) is 4.51. The molecule has 0 bridgehead atoms. The van der Waals surface area contributed by atoms with Crippen LogP contribution in [0.2, 0.25) is 0 Å². The van der Waals surface area contributed by atoms with E-state index < -0.39 is 16.1 Å². The summed E-state index contributed by atoms with van der Waals surface area (Å²) in [6, 6.07) is 4.96. The van der Waals surface area contributed by atoms with Crippen molar-refractivity contribution in [3.8, 4) is 11.8 Å². The van der Waals surface area contributed by atoms with Gasteiger partial charge in [-0.1, -0.05) is 12.1 Å². The molecule has 0 radical (unpaired) electrons. The van der Waals surface area contributed by atoms with Crippen LogP contribution in [0.15, 0.2) is 34.1 Å². The second-order valence-corrected chi connectivity index (χ2v) is 8.41. The maximum absolute atomic E-state index is 12.7. The molecular formula is C16H17N5O6S2. The van der Waals surface area contributed by atoms with E-state index in [1.54, 1.807) is 12.1 Å². The Morgan fingerprint density at radius 2 is 1.83 bits per heavy atom. The third-order valence-corrected chi connectivity index (χ3v) is 6.54. The number of carbonyl (C=O) groups excluding carboxylic acids is 2. The second kappa shape index (κ2) is 8.13. The van der Waals surface area contributed by atoms with Gasteiger partial charge in [-0.25, -0.2) is 17.9 Å². The van der Waals surface area contributed by atoms with Crippen molar-refractivity contribution in [3.05, 3.63) is 29.8 Å². The van der Waals surface area contributed by atoms with Gasteiger partial charge in [0.15, 0.2) is 0 Å². The van der Waals surface area contributed by atoms with Crippen molar-refractivity contribution in [3.63, 3.8) is 0 Å². The predicted molar refractivity (Wildman–Crippen MR) is 103 cm³/mol. The first kappa shape index (κ1) is 20.7. The van der Waals surface area contributed by atoms with Crippen molar-refractivity contribution in [1.29, 1.82) is 0 Å². The van der Waals surface area contributed by atoms with Crippen LogP contribution in [0.25, 0.3) is 0 Å². The second-order valence-electron chi connectivity index (χ2n) is 5.73. The number of nitrogens with zero attached hydrogens (tertiary/aromatic N) is 3. The summed E-state index contributed by atoms with van der Waals surface area (Å²) in [4.78, 5) is 31.9. The van der Waals surface area contributed by atoms with Gasteiger partial charge in [0.2, 0.25) is 23.6 Å². The van der Waals surface area contributed by atoms with Crippen molar-refractivity contribution in [2.24, 2.45) is 0 Å². The van der Waals surface area contributed by atoms with Crippen molar-refractivity contribution in [2.75, 3.05) is 19.5 Å². The molecule has 154 valence electrons. The van der Waals surface area contributed by atoms with Gasteiger partial charge in [0, 0.05) is 6.92 Å². The van der Waals surface area contributed by atoms with Crippen molar-refractivity contribution >= 4 is 39.9 Å². The quantitative estimate of drug-likeness (QED) is 0.661. The Labute approximate surface area is 171 Å². The fourth-order valence-corrected chi connectivity index (χ4v) is 4.89. The number of urea groups is 1. The lowest BCUT2D eigenvalue weighted by molar-refractivity contribution is -0.124. The maximum Gasteiger partial charge on any atom is 0.335 e. The summed E-state index contributed by atoms with van der Waals surface area (Å²) in [5, 5.41) is 2.23. The molecule has 2 N–H and O–H groups in total.